The first-order valence-electron chi connectivity index (χ1n) is 9.95. The van der Waals surface area contributed by atoms with Crippen LogP contribution in [0.4, 0.5) is 5.69 Å². The lowest BCUT2D eigenvalue weighted by atomic mass is 10.2. The number of aliphatic imine (C=N–C) groups is 1. The minimum absolute atomic E-state index is 0. The van der Waals surface area contributed by atoms with Crippen LogP contribution in [0.15, 0.2) is 64.5 Å². The summed E-state index contributed by atoms with van der Waals surface area (Å²) in [5, 5.41) is 3.39. The second-order valence-electron chi connectivity index (χ2n) is 6.91. The molecule has 0 saturated carbocycles. The predicted molar refractivity (Wildman–Crippen MR) is 134 cm³/mol. The summed E-state index contributed by atoms with van der Waals surface area (Å²) in [5.74, 6) is 1.47. The Balaban J connectivity index is 0.00000300. The fraction of sp³-hybridized carbons (Fsp3) is 0.409. The number of nitrogens with one attached hydrogen (secondary N) is 1. The summed E-state index contributed by atoms with van der Waals surface area (Å²) >= 11 is 0. The SMILES string of the molecule is CCNC(=NCCS(=O)c1ccccc1)N1CCN(c2cccc(C)c2)CC1.I. The van der Waals surface area contributed by atoms with Gasteiger partial charge in [0.2, 0.25) is 0 Å². The van der Waals surface area contributed by atoms with Crippen molar-refractivity contribution in [3.05, 3.63) is 60.2 Å². The van der Waals surface area contributed by atoms with Gasteiger partial charge < -0.3 is 15.1 Å². The Labute approximate surface area is 194 Å². The molecule has 29 heavy (non-hydrogen) atoms. The standard InChI is InChI=1S/C22H30N4OS.HI/c1-3-23-22(24-12-17-28(27)21-10-5-4-6-11-21)26-15-13-25(14-16-26)20-9-7-8-19(2)18-20;/h4-11,18H,3,12-17H2,1-2H3,(H,23,24);1H. The van der Waals surface area contributed by atoms with E-state index in [4.69, 9.17) is 4.99 Å². The number of hydrogen-bond acceptors (Lipinski definition) is 3. The number of rotatable bonds is 6. The van der Waals surface area contributed by atoms with Crippen molar-refractivity contribution >= 4 is 46.4 Å². The van der Waals surface area contributed by atoms with Crippen LogP contribution in [0.2, 0.25) is 0 Å². The normalized spacial score (nSPS) is 15.6. The molecule has 7 heteroatoms. The van der Waals surface area contributed by atoms with Gasteiger partial charge in [0.1, 0.15) is 0 Å². The van der Waals surface area contributed by atoms with Gasteiger partial charge in [-0.15, -0.1) is 24.0 Å². The van der Waals surface area contributed by atoms with E-state index >= 15 is 0 Å². The van der Waals surface area contributed by atoms with Crippen LogP contribution in [0.25, 0.3) is 0 Å². The number of guanidine groups is 1. The van der Waals surface area contributed by atoms with E-state index in [1.807, 2.05) is 30.3 Å². The van der Waals surface area contributed by atoms with Gasteiger partial charge >= 0.3 is 0 Å². The highest BCUT2D eigenvalue weighted by molar-refractivity contribution is 14.0. The first-order chi connectivity index (χ1) is 13.7. The van der Waals surface area contributed by atoms with Crippen LogP contribution < -0.4 is 10.2 Å². The van der Waals surface area contributed by atoms with Crippen molar-refractivity contribution in [2.45, 2.75) is 18.7 Å². The van der Waals surface area contributed by atoms with Gasteiger partial charge in [-0.1, -0.05) is 30.3 Å². The molecule has 0 aromatic heterocycles. The van der Waals surface area contributed by atoms with E-state index in [0.717, 1.165) is 43.6 Å². The van der Waals surface area contributed by atoms with E-state index in [1.54, 1.807) is 0 Å². The molecule has 1 fully saturated rings. The minimum Gasteiger partial charge on any atom is -0.368 e. The second-order valence-corrected chi connectivity index (χ2v) is 8.48. The monoisotopic (exact) mass is 526 g/mol. The smallest absolute Gasteiger partial charge is 0.194 e. The van der Waals surface area contributed by atoms with E-state index in [0.29, 0.717) is 12.3 Å². The number of hydrogen-bond donors (Lipinski definition) is 1. The van der Waals surface area contributed by atoms with Gasteiger partial charge in [-0.2, -0.15) is 0 Å². The van der Waals surface area contributed by atoms with Gasteiger partial charge in [0.15, 0.2) is 5.96 Å². The van der Waals surface area contributed by atoms with Crippen LogP contribution in [0.1, 0.15) is 12.5 Å². The molecule has 5 nitrogen and oxygen atoms in total. The molecule has 0 aliphatic carbocycles. The van der Waals surface area contributed by atoms with Crippen LogP contribution in [0, 0.1) is 6.92 Å². The average Bonchev–Trinajstić information content (AvgIpc) is 2.74. The third kappa shape index (κ3) is 6.99. The van der Waals surface area contributed by atoms with Crippen LogP contribution >= 0.6 is 24.0 Å². The summed E-state index contributed by atoms with van der Waals surface area (Å²) in [4.78, 5) is 10.3. The molecule has 1 atom stereocenters. The van der Waals surface area contributed by atoms with Crippen LogP contribution in [0.3, 0.4) is 0 Å². The van der Waals surface area contributed by atoms with E-state index in [2.05, 4.69) is 53.2 Å². The molecular weight excluding hydrogens is 495 g/mol. The molecule has 1 aliphatic rings. The van der Waals surface area contributed by atoms with Crippen molar-refractivity contribution in [2.75, 3.05) is 49.9 Å². The predicted octanol–water partition coefficient (Wildman–Crippen LogP) is 3.51. The zero-order valence-corrected chi connectivity index (χ0v) is 20.4. The summed E-state index contributed by atoms with van der Waals surface area (Å²) in [6.07, 6.45) is 0. The van der Waals surface area contributed by atoms with Crippen molar-refractivity contribution in [2.24, 2.45) is 4.99 Å². The minimum atomic E-state index is -1.00. The molecule has 1 heterocycles. The van der Waals surface area contributed by atoms with Crippen molar-refractivity contribution < 1.29 is 4.21 Å². The Morgan fingerprint density at radius 1 is 1.07 bits per heavy atom. The van der Waals surface area contributed by atoms with Crippen molar-refractivity contribution in [1.82, 2.24) is 10.2 Å². The van der Waals surface area contributed by atoms with Gasteiger partial charge in [-0.3, -0.25) is 9.20 Å². The quantitative estimate of drug-likeness (QED) is 0.356. The van der Waals surface area contributed by atoms with Gasteiger partial charge in [0.25, 0.3) is 0 Å². The Bertz CT molecular complexity index is 807. The molecule has 1 saturated heterocycles. The summed E-state index contributed by atoms with van der Waals surface area (Å²) < 4.78 is 12.4. The number of aryl methyl sites for hydroxylation is 1. The molecule has 1 unspecified atom stereocenters. The lowest BCUT2D eigenvalue weighted by Crippen LogP contribution is -2.52. The Morgan fingerprint density at radius 2 is 1.79 bits per heavy atom. The largest absolute Gasteiger partial charge is 0.368 e. The van der Waals surface area contributed by atoms with Gasteiger partial charge in [-0.25, -0.2) is 0 Å². The maximum Gasteiger partial charge on any atom is 0.194 e. The number of halogens is 1. The average molecular weight is 526 g/mol. The molecular formula is C22H31IN4OS. The van der Waals surface area contributed by atoms with Crippen molar-refractivity contribution in [3.63, 3.8) is 0 Å². The zero-order chi connectivity index (χ0) is 19.8. The number of nitrogens with zero attached hydrogens (tertiary/aromatic N) is 3. The molecule has 0 bridgehead atoms. The molecule has 158 valence electrons. The Morgan fingerprint density at radius 3 is 2.45 bits per heavy atom. The first-order valence-corrected chi connectivity index (χ1v) is 11.3. The van der Waals surface area contributed by atoms with E-state index < -0.39 is 10.8 Å². The lowest BCUT2D eigenvalue weighted by molar-refractivity contribution is 0.373. The maximum absolute atomic E-state index is 12.4. The van der Waals surface area contributed by atoms with Crippen molar-refractivity contribution in [3.8, 4) is 0 Å². The van der Waals surface area contributed by atoms with Crippen molar-refractivity contribution in [1.29, 1.82) is 0 Å². The van der Waals surface area contributed by atoms with Gasteiger partial charge in [-0.05, 0) is 43.7 Å². The Hall–Kier alpha value is -1.61. The highest BCUT2D eigenvalue weighted by Gasteiger charge is 2.19. The number of benzene rings is 2. The highest BCUT2D eigenvalue weighted by atomic mass is 127. The van der Waals surface area contributed by atoms with E-state index in [1.165, 1.54) is 11.3 Å². The second kappa shape index (κ2) is 12.2. The zero-order valence-electron chi connectivity index (χ0n) is 17.2. The fourth-order valence-electron chi connectivity index (χ4n) is 3.35. The molecule has 3 rings (SSSR count). The van der Waals surface area contributed by atoms with E-state index in [-0.39, 0.29) is 24.0 Å². The lowest BCUT2D eigenvalue weighted by Gasteiger charge is -2.37. The van der Waals surface area contributed by atoms with E-state index in [9.17, 15) is 4.21 Å². The molecule has 2 aromatic carbocycles. The molecule has 1 N–H and O–H groups in total. The third-order valence-electron chi connectivity index (χ3n) is 4.83. The molecule has 2 aromatic rings. The molecule has 0 radical (unpaired) electrons. The molecule has 0 amide bonds. The number of piperazine rings is 1. The maximum atomic E-state index is 12.4. The van der Waals surface area contributed by atoms with Gasteiger partial charge in [0.05, 0.1) is 17.3 Å². The van der Waals surface area contributed by atoms with Gasteiger partial charge in [0, 0.05) is 49.1 Å². The van der Waals surface area contributed by atoms with Crippen LogP contribution in [-0.2, 0) is 10.8 Å². The topological polar surface area (TPSA) is 47.9 Å². The molecule has 1 aliphatic heterocycles. The number of anilines is 1. The summed E-state index contributed by atoms with van der Waals surface area (Å²) in [7, 11) is -1.00. The highest BCUT2D eigenvalue weighted by Crippen LogP contribution is 2.17. The first kappa shape index (κ1) is 23.7. The summed E-state index contributed by atoms with van der Waals surface area (Å²) in [6.45, 7) is 9.42. The summed E-state index contributed by atoms with van der Waals surface area (Å²) in [6, 6.07) is 18.3. The Kier molecular flexibility index (Phi) is 9.93. The fourth-order valence-corrected chi connectivity index (χ4v) is 4.31. The summed E-state index contributed by atoms with van der Waals surface area (Å²) in [5.41, 5.74) is 2.58. The third-order valence-corrected chi connectivity index (χ3v) is 6.18. The van der Waals surface area contributed by atoms with Crippen LogP contribution in [-0.4, -0.2) is 60.1 Å². The molecule has 0 spiro atoms. The van der Waals surface area contributed by atoms with Crippen LogP contribution in [0.5, 0.6) is 0 Å².